The molecule has 0 aliphatic carbocycles. The van der Waals surface area contributed by atoms with Gasteiger partial charge in [0.25, 0.3) is 0 Å². The number of amides is 1. The van der Waals surface area contributed by atoms with Crippen LogP contribution in [0.4, 0.5) is 0 Å². The van der Waals surface area contributed by atoms with Crippen LogP contribution in [0, 0.1) is 0 Å². The van der Waals surface area contributed by atoms with Gasteiger partial charge in [0.15, 0.2) is 0 Å². The molecular formula is C15H24N4O2. The van der Waals surface area contributed by atoms with E-state index in [2.05, 4.69) is 21.2 Å². The molecule has 2 saturated heterocycles. The Labute approximate surface area is 125 Å². The van der Waals surface area contributed by atoms with Gasteiger partial charge in [0, 0.05) is 50.4 Å². The van der Waals surface area contributed by atoms with Gasteiger partial charge in [-0.15, -0.1) is 0 Å². The molecule has 0 saturated carbocycles. The van der Waals surface area contributed by atoms with Crippen molar-refractivity contribution in [2.45, 2.75) is 25.2 Å². The van der Waals surface area contributed by atoms with E-state index in [0.717, 1.165) is 32.7 Å². The van der Waals surface area contributed by atoms with E-state index in [1.807, 2.05) is 11.1 Å². The average Bonchev–Trinajstić information content (AvgIpc) is 3.08. The van der Waals surface area contributed by atoms with Crippen molar-refractivity contribution in [3.05, 3.63) is 18.0 Å². The number of nitrogens with one attached hydrogen (secondary N) is 1. The van der Waals surface area contributed by atoms with Gasteiger partial charge in [-0.1, -0.05) is 0 Å². The van der Waals surface area contributed by atoms with E-state index < -0.39 is 0 Å². The van der Waals surface area contributed by atoms with Crippen LogP contribution < -0.4 is 0 Å². The van der Waals surface area contributed by atoms with E-state index in [4.69, 9.17) is 4.74 Å². The second-order valence-corrected chi connectivity index (χ2v) is 5.89. The van der Waals surface area contributed by atoms with E-state index in [-0.39, 0.29) is 5.91 Å². The number of aromatic amines is 1. The number of nitrogens with zero attached hydrogens (tertiary/aromatic N) is 3. The number of rotatable bonds is 4. The molecule has 0 bridgehead atoms. The number of carbonyl (C=O) groups is 1. The van der Waals surface area contributed by atoms with Gasteiger partial charge in [-0.05, 0) is 25.5 Å². The molecule has 0 radical (unpaired) electrons. The van der Waals surface area contributed by atoms with Crippen LogP contribution in [-0.2, 0) is 9.53 Å². The highest BCUT2D eigenvalue weighted by atomic mass is 16.5. The van der Waals surface area contributed by atoms with Crippen molar-refractivity contribution in [2.24, 2.45) is 0 Å². The van der Waals surface area contributed by atoms with Crippen LogP contribution in [0.5, 0.6) is 0 Å². The van der Waals surface area contributed by atoms with Crippen LogP contribution in [0.25, 0.3) is 0 Å². The number of carbonyl (C=O) groups excluding carboxylic acids is 1. The summed E-state index contributed by atoms with van der Waals surface area (Å²) >= 11 is 0. The van der Waals surface area contributed by atoms with Crippen molar-refractivity contribution in [3.63, 3.8) is 0 Å². The molecular weight excluding hydrogens is 268 g/mol. The monoisotopic (exact) mass is 292 g/mol. The number of H-pyrrole nitrogens is 1. The summed E-state index contributed by atoms with van der Waals surface area (Å²) in [6.45, 7) is 5.83. The smallest absolute Gasteiger partial charge is 0.224 e. The molecule has 1 aromatic rings. The molecule has 116 valence electrons. The first-order valence-electron chi connectivity index (χ1n) is 7.90. The Morgan fingerprint density at radius 1 is 1.38 bits per heavy atom. The Kier molecular flexibility index (Phi) is 4.87. The lowest BCUT2D eigenvalue weighted by atomic mass is 9.95. The third kappa shape index (κ3) is 3.83. The summed E-state index contributed by atoms with van der Waals surface area (Å²) in [6.07, 6.45) is 4.83. The van der Waals surface area contributed by atoms with Crippen LogP contribution in [0.2, 0.25) is 0 Å². The van der Waals surface area contributed by atoms with Gasteiger partial charge in [0.2, 0.25) is 5.91 Å². The molecule has 1 atom stereocenters. The highest BCUT2D eigenvalue weighted by Crippen LogP contribution is 2.25. The number of aromatic nitrogens is 2. The summed E-state index contributed by atoms with van der Waals surface area (Å²) in [5.41, 5.74) is 1.22. The fourth-order valence-electron chi connectivity index (χ4n) is 3.23. The van der Waals surface area contributed by atoms with Gasteiger partial charge in [-0.3, -0.25) is 9.89 Å². The standard InChI is InChI=1S/C15H24N4O2/c20-15(19-8-10-21-11-9-19)4-7-18-6-1-2-13(12-18)14-3-5-16-17-14/h3,5,13H,1-2,4,6-12H2,(H,16,17). The Morgan fingerprint density at radius 2 is 2.24 bits per heavy atom. The van der Waals surface area contributed by atoms with Gasteiger partial charge in [0.1, 0.15) is 0 Å². The summed E-state index contributed by atoms with van der Waals surface area (Å²) < 4.78 is 5.29. The summed E-state index contributed by atoms with van der Waals surface area (Å²) in [6, 6.07) is 2.06. The predicted octanol–water partition coefficient (Wildman–Crippen LogP) is 0.838. The molecule has 21 heavy (non-hydrogen) atoms. The van der Waals surface area contributed by atoms with Gasteiger partial charge in [-0.2, -0.15) is 5.10 Å². The van der Waals surface area contributed by atoms with Crippen molar-refractivity contribution >= 4 is 5.91 Å². The molecule has 0 spiro atoms. The normalized spacial score (nSPS) is 24.2. The summed E-state index contributed by atoms with van der Waals surface area (Å²) in [7, 11) is 0. The topological polar surface area (TPSA) is 61.5 Å². The molecule has 1 N–H and O–H groups in total. The predicted molar refractivity (Wildman–Crippen MR) is 79.0 cm³/mol. The third-order valence-corrected chi connectivity index (χ3v) is 4.47. The molecule has 2 aliphatic heterocycles. The number of morpholine rings is 1. The van der Waals surface area contributed by atoms with Crippen molar-refractivity contribution in [1.29, 1.82) is 0 Å². The Balaban J connectivity index is 1.45. The van der Waals surface area contributed by atoms with Crippen LogP contribution in [0.3, 0.4) is 0 Å². The highest BCUT2D eigenvalue weighted by molar-refractivity contribution is 5.76. The third-order valence-electron chi connectivity index (χ3n) is 4.47. The van der Waals surface area contributed by atoms with E-state index in [0.29, 0.717) is 25.6 Å². The van der Waals surface area contributed by atoms with E-state index >= 15 is 0 Å². The Morgan fingerprint density at radius 3 is 3.00 bits per heavy atom. The minimum atomic E-state index is 0.266. The van der Waals surface area contributed by atoms with Crippen LogP contribution in [-0.4, -0.2) is 71.8 Å². The summed E-state index contributed by atoms with van der Waals surface area (Å²) in [4.78, 5) is 16.5. The maximum atomic E-state index is 12.2. The number of hydrogen-bond acceptors (Lipinski definition) is 4. The lowest BCUT2D eigenvalue weighted by molar-refractivity contribution is -0.135. The summed E-state index contributed by atoms with van der Waals surface area (Å²) in [5, 5.41) is 7.12. The van der Waals surface area contributed by atoms with Crippen molar-refractivity contribution < 1.29 is 9.53 Å². The minimum absolute atomic E-state index is 0.266. The lowest BCUT2D eigenvalue weighted by Crippen LogP contribution is -2.43. The number of piperidine rings is 1. The number of hydrogen-bond donors (Lipinski definition) is 1. The maximum absolute atomic E-state index is 12.2. The Hall–Kier alpha value is -1.40. The fraction of sp³-hybridized carbons (Fsp3) is 0.733. The van der Waals surface area contributed by atoms with E-state index in [1.165, 1.54) is 18.5 Å². The van der Waals surface area contributed by atoms with Crippen LogP contribution >= 0.6 is 0 Å². The minimum Gasteiger partial charge on any atom is -0.378 e. The largest absolute Gasteiger partial charge is 0.378 e. The van der Waals surface area contributed by atoms with Gasteiger partial charge in [0.05, 0.1) is 13.2 Å². The zero-order valence-corrected chi connectivity index (χ0v) is 12.5. The van der Waals surface area contributed by atoms with Crippen molar-refractivity contribution in [3.8, 4) is 0 Å². The van der Waals surface area contributed by atoms with Crippen molar-refractivity contribution in [2.75, 3.05) is 45.9 Å². The number of ether oxygens (including phenoxy) is 1. The molecule has 2 aliphatic rings. The first-order valence-corrected chi connectivity index (χ1v) is 7.90. The molecule has 0 aromatic carbocycles. The molecule has 3 rings (SSSR count). The Bertz CT molecular complexity index is 443. The second kappa shape index (κ2) is 7.04. The quantitative estimate of drug-likeness (QED) is 0.893. The molecule has 1 unspecified atom stereocenters. The SMILES string of the molecule is O=C(CCN1CCCC(c2ccn[nH]2)C1)N1CCOCC1. The zero-order chi connectivity index (χ0) is 14.5. The van der Waals surface area contributed by atoms with Crippen molar-refractivity contribution in [1.82, 2.24) is 20.0 Å². The molecule has 6 nitrogen and oxygen atoms in total. The molecule has 3 heterocycles. The van der Waals surface area contributed by atoms with Gasteiger partial charge < -0.3 is 14.5 Å². The molecule has 2 fully saturated rings. The van der Waals surface area contributed by atoms with Gasteiger partial charge >= 0.3 is 0 Å². The van der Waals surface area contributed by atoms with Crippen LogP contribution in [0.15, 0.2) is 12.3 Å². The molecule has 1 aromatic heterocycles. The zero-order valence-electron chi connectivity index (χ0n) is 12.5. The highest BCUT2D eigenvalue weighted by Gasteiger charge is 2.23. The average molecular weight is 292 g/mol. The first kappa shape index (κ1) is 14.5. The second-order valence-electron chi connectivity index (χ2n) is 5.89. The van der Waals surface area contributed by atoms with E-state index in [1.54, 1.807) is 0 Å². The fourth-order valence-corrected chi connectivity index (χ4v) is 3.23. The number of likely N-dealkylation sites (tertiary alicyclic amines) is 1. The summed E-state index contributed by atoms with van der Waals surface area (Å²) in [5.74, 6) is 0.793. The molecule has 6 heteroatoms. The maximum Gasteiger partial charge on any atom is 0.224 e. The first-order chi connectivity index (χ1) is 10.3. The lowest BCUT2D eigenvalue weighted by Gasteiger charge is -2.33. The van der Waals surface area contributed by atoms with E-state index in [9.17, 15) is 4.79 Å². The van der Waals surface area contributed by atoms with Crippen LogP contribution in [0.1, 0.15) is 30.9 Å². The van der Waals surface area contributed by atoms with Gasteiger partial charge in [-0.25, -0.2) is 0 Å². The molecule has 1 amide bonds.